The Kier molecular flexibility index (Phi) is 4.85. The molecule has 0 aliphatic heterocycles. The number of hydrogen-bond acceptors (Lipinski definition) is 0. The van der Waals surface area contributed by atoms with E-state index in [0.717, 1.165) is 11.8 Å². The zero-order valence-corrected chi connectivity index (χ0v) is 10.9. The van der Waals surface area contributed by atoms with E-state index in [0.29, 0.717) is 0 Å². The summed E-state index contributed by atoms with van der Waals surface area (Å²) in [5.41, 5.74) is 1.51. The molecule has 1 aromatic rings. The van der Waals surface area contributed by atoms with Gasteiger partial charge in [-0.1, -0.05) is 49.8 Å². The van der Waals surface area contributed by atoms with Gasteiger partial charge in [0, 0.05) is 0 Å². The summed E-state index contributed by atoms with van der Waals surface area (Å²) >= 11 is 0. The zero-order chi connectivity index (χ0) is 11.9. The van der Waals surface area contributed by atoms with E-state index in [9.17, 15) is 0 Å². The van der Waals surface area contributed by atoms with Gasteiger partial charge in [-0.25, -0.2) is 0 Å². The molecule has 1 saturated carbocycles. The van der Waals surface area contributed by atoms with Crippen molar-refractivity contribution in [3.8, 4) is 0 Å². The van der Waals surface area contributed by atoms with Gasteiger partial charge in [-0.15, -0.1) is 0 Å². The molecule has 0 heteroatoms. The maximum absolute atomic E-state index is 3.10. The molecule has 0 atom stereocenters. The van der Waals surface area contributed by atoms with Crippen molar-refractivity contribution in [2.24, 2.45) is 5.92 Å². The van der Waals surface area contributed by atoms with Crippen molar-refractivity contribution in [2.75, 3.05) is 0 Å². The molecule has 0 aromatic heterocycles. The van der Waals surface area contributed by atoms with E-state index in [-0.39, 0.29) is 0 Å². The molecule has 0 amide bonds. The molecule has 0 spiro atoms. The van der Waals surface area contributed by atoms with Crippen LogP contribution in [0.3, 0.4) is 0 Å². The largest absolute Gasteiger partial charge is 0.0883 e. The summed E-state index contributed by atoms with van der Waals surface area (Å²) in [5.74, 6) is 1.63. The van der Waals surface area contributed by atoms with E-state index in [1.165, 1.54) is 44.1 Å². The molecule has 17 heavy (non-hydrogen) atoms. The summed E-state index contributed by atoms with van der Waals surface area (Å²) in [5, 5.41) is 0. The normalized spacial score (nSPS) is 25.2. The van der Waals surface area contributed by atoms with Crippen LogP contribution in [0.1, 0.15) is 56.9 Å². The fourth-order valence-corrected chi connectivity index (χ4v) is 2.77. The number of allylic oxidation sites excluding steroid dienone is 2. The summed E-state index contributed by atoms with van der Waals surface area (Å²) in [6, 6.07) is 11.7. The van der Waals surface area contributed by atoms with Crippen LogP contribution >= 0.6 is 0 Å². The van der Waals surface area contributed by atoms with Crippen molar-refractivity contribution < 1.29 is 0 Å². The molecule has 1 fully saturated rings. The lowest BCUT2D eigenvalue weighted by Crippen LogP contribution is -2.11. The highest BCUT2D eigenvalue weighted by Crippen LogP contribution is 2.36. The second-order valence-corrected chi connectivity index (χ2v) is 5.16. The topological polar surface area (TPSA) is 0 Å². The maximum atomic E-state index is 3.10. The third kappa shape index (κ3) is 3.73. The lowest BCUT2D eigenvalue weighted by atomic mass is 9.78. The predicted octanol–water partition coefficient (Wildman–Crippen LogP) is 5.12. The molecule has 2 rings (SSSR count). The molecule has 1 aliphatic rings. The van der Waals surface area contributed by atoms with E-state index < -0.39 is 0 Å². The molecule has 0 nitrogen and oxygen atoms in total. The number of hydrogen-bond donors (Lipinski definition) is 0. The van der Waals surface area contributed by atoms with Gasteiger partial charge in [0.25, 0.3) is 0 Å². The third-order valence-corrected chi connectivity index (χ3v) is 3.85. The van der Waals surface area contributed by atoms with Crippen LogP contribution in [0.15, 0.2) is 36.4 Å². The summed E-state index contributed by atoms with van der Waals surface area (Å²) < 4.78 is 0. The Bertz CT molecular complexity index is 328. The lowest BCUT2D eigenvalue weighted by molar-refractivity contribution is 0.375. The Hall–Kier alpha value is -1.04. The Labute approximate surface area is 106 Å². The van der Waals surface area contributed by atoms with E-state index >= 15 is 0 Å². The van der Waals surface area contributed by atoms with Gasteiger partial charge in [0.2, 0.25) is 0 Å². The fourth-order valence-electron chi connectivity index (χ4n) is 2.77. The summed E-state index contributed by atoms with van der Waals surface area (Å²) in [4.78, 5) is 0. The first-order valence-corrected chi connectivity index (χ1v) is 7.03. The van der Waals surface area contributed by atoms with Crippen LogP contribution < -0.4 is 0 Å². The van der Waals surface area contributed by atoms with Crippen molar-refractivity contribution in [1.29, 1.82) is 0 Å². The van der Waals surface area contributed by atoms with Gasteiger partial charge in [0.05, 0.1) is 0 Å². The van der Waals surface area contributed by atoms with Crippen molar-refractivity contribution in [1.82, 2.24) is 0 Å². The first kappa shape index (κ1) is 12.4. The zero-order valence-electron chi connectivity index (χ0n) is 10.9. The third-order valence-electron chi connectivity index (χ3n) is 3.85. The van der Waals surface area contributed by atoms with E-state index in [1.54, 1.807) is 0 Å². The minimum Gasteiger partial charge on any atom is -0.0883 e. The maximum Gasteiger partial charge on any atom is -0.0162 e. The van der Waals surface area contributed by atoms with Crippen molar-refractivity contribution in [2.45, 2.75) is 51.4 Å². The van der Waals surface area contributed by atoms with Gasteiger partial charge in [-0.05, 0) is 55.6 Å². The van der Waals surface area contributed by atoms with Gasteiger partial charge in [0.1, 0.15) is 0 Å². The Morgan fingerprint density at radius 1 is 1.18 bits per heavy atom. The van der Waals surface area contributed by atoms with Gasteiger partial charge in [0.15, 0.2) is 0 Å². The molecule has 0 unspecified atom stereocenters. The average Bonchev–Trinajstić information content (AvgIpc) is 2.41. The first-order chi connectivity index (χ1) is 8.40. The summed E-state index contributed by atoms with van der Waals surface area (Å²) in [6.45, 7) is 2.24. The monoisotopic (exact) mass is 227 g/mol. The molecule has 1 radical (unpaired) electrons. The fraction of sp³-hybridized carbons (Fsp3) is 0.529. The molecule has 0 heterocycles. The van der Waals surface area contributed by atoms with Crippen LogP contribution in [0.5, 0.6) is 0 Å². The Balaban J connectivity index is 1.82. The van der Waals surface area contributed by atoms with Crippen molar-refractivity contribution in [3.63, 3.8) is 0 Å². The minimum absolute atomic E-state index is 0.792. The van der Waals surface area contributed by atoms with Crippen molar-refractivity contribution >= 4 is 0 Å². The van der Waals surface area contributed by atoms with Gasteiger partial charge >= 0.3 is 0 Å². The van der Waals surface area contributed by atoms with Gasteiger partial charge in [-0.3, -0.25) is 0 Å². The molecule has 1 aliphatic carbocycles. The highest BCUT2D eigenvalue weighted by atomic mass is 14.2. The standard InChI is InChI=1S/C17H23/c1-2-3-5-8-15-11-13-17(14-12-15)16-9-6-4-7-10-16/h5-10,15,17H,2-3,11-14H2,1H3/b8-5+. The van der Waals surface area contributed by atoms with Crippen LogP contribution in [0.2, 0.25) is 0 Å². The highest BCUT2D eigenvalue weighted by Gasteiger charge is 2.20. The summed E-state index contributed by atoms with van der Waals surface area (Å²) in [6.07, 6.45) is 12.8. The average molecular weight is 227 g/mol. The van der Waals surface area contributed by atoms with E-state index in [4.69, 9.17) is 0 Å². The number of rotatable bonds is 4. The number of unbranched alkanes of at least 4 members (excludes halogenated alkanes) is 1. The Morgan fingerprint density at radius 3 is 2.53 bits per heavy atom. The summed E-state index contributed by atoms with van der Waals surface area (Å²) in [7, 11) is 0. The first-order valence-electron chi connectivity index (χ1n) is 7.03. The van der Waals surface area contributed by atoms with Crippen LogP contribution in [-0.4, -0.2) is 0 Å². The quantitative estimate of drug-likeness (QED) is 0.626. The molecule has 91 valence electrons. The SMILES string of the molecule is CCC/C=C/C1CCC(c2cc[c]cc2)CC1. The molecule has 0 bridgehead atoms. The van der Waals surface area contributed by atoms with Crippen LogP contribution in [0.25, 0.3) is 0 Å². The van der Waals surface area contributed by atoms with Gasteiger partial charge < -0.3 is 0 Å². The Morgan fingerprint density at radius 2 is 1.88 bits per heavy atom. The van der Waals surface area contributed by atoms with Crippen molar-refractivity contribution in [3.05, 3.63) is 48.0 Å². The second kappa shape index (κ2) is 6.64. The number of benzene rings is 1. The molecular weight excluding hydrogens is 204 g/mol. The van der Waals surface area contributed by atoms with Crippen LogP contribution in [0.4, 0.5) is 0 Å². The highest BCUT2D eigenvalue weighted by molar-refractivity contribution is 5.19. The second-order valence-electron chi connectivity index (χ2n) is 5.16. The smallest absolute Gasteiger partial charge is 0.0162 e. The molecular formula is C17H23. The lowest BCUT2D eigenvalue weighted by Gasteiger charge is -2.27. The van der Waals surface area contributed by atoms with E-state index in [1.807, 2.05) is 12.1 Å². The van der Waals surface area contributed by atoms with Gasteiger partial charge in [-0.2, -0.15) is 0 Å². The van der Waals surface area contributed by atoms with Crippen LogP contribution in [0, 0.1) is 12.0 Å². The predicted molar refractivity (Wildman–Crippen MR) is 74.0 cm³/mol. The minimum atomic E-state index is 0.792. The molecule has 1 aromatic carbocycles. The van der Waals surface area contributed by atoms with Crippen LogP contribution in [-0.2, 0) is 0 Å². The molecule has 0 N–H and O–H groups in total. The van der Waals surface area contributed by atoms with E-state index in [2.05, 4.69) is 37.3 Å². The molecule has 0 saturated heterocycles.